The average Bonchev–Trinajstić information content (AvgIpc) is 2.30. The third-order valence-electron chi connectivity index (χ3n) is 2.53. The van der Waals surface area contributed by atoms with E-state index in [1.807, 2.05) is 5.32 Å². The molecule has 0 heterocycles. The van der Waals surface area contributed by atoms with Gasteiger partial charge in [-0.25, -0.2) is 8.78 Å². The first kappa shape index (κ1) is 17.4. The maximum atomic E-state index is 13.5. The Morgan fingerprint density at radius 1 is 1.19 bits per heavy atom. The van der Waals surface area contributed by atoms with Crippen molar-refractivity contribution in [3.63, 3.8) is 0 Å². The van der Waals surface area contributed by atoms with Crippen molar-refractivity contribution >= 4 is 5.91 Å². The van der Waals surface area contributed by atoms with Crippen molar-refractivity contribution in [1.82, 2.24) is 10.6 Å². The molecule has 0 aliphatic heterocycles. The normalized spacial score (nSPS) is 13.3. The van der Waals surface area contributed by atoms with Crippen molar-refractivity contribution in [2.75, 3.05) is 6.54 Å². The molecule has 1 rings (SSSR count). The maximum Gasteiger partial charge on any atom is 0.408 e. The van der Waals surface area contributed by atoms with Crippen LogP contribution in [0.2, 0.25) is 0 Å². The van der Waals surface area contributed by atoms with Gasteiger partial charge in [0, 0.05) is 11.6 Å². The van der Waals surface area contributed by atoms with Crippen LogP contribution in [0.3, 0.4) is 0 Å². The molecule has 8 heteroatoms. The van der Waals surface area contributed by atoms with E-state index in [0.717, 1.165) is 18.2 Å². The van der Waals surface area contributed by atoms with E-state index >= 15 is 0 Å². The van der Waals surface area contributed by atoms with Crippen LogP contribution >= 0.6 is 0 Å². The minimum atomic E-state index is -4.94. The minimum Gasteiger partial charge on any atom is -0.353 e. The molecule has 1 atom stereocenters. The second kappa shape index (κ2) is 6.84. The van der Waals surface area contributed by atoms with Gasteiger partial charge in [-0.05, 0) is 26.0 Å². The molecule has 3 nitrogen and oxygen atoms in total. The molecule has 1 amide bonds. The van der Waals surface area contributed by atoms with Gasteiger partial charge in [-0.2, -0.15) is 13.2 Å². The molecule has 0 aliphatic rings. The summed E-state index contributed by atoms with van der Waals surface area (Å²) < 4.78 is 65.8. The van der Waals surface area contributed by atoms with Crippen molar-refractivity contribution < 1.29 is 26.7 Å². The topological polar surface area (TPSA) is 41.1 Å². The fourth-order valence-electron chi connectivity index (χ4n) is 1.74. The van der Waals surface area contributed by atoms with Gasteiger partial charge < -0.3 is 5.32 Å². The van der Waals surface area contributed by atoms with Crippen molar-refractivity contribution in [1.29, 1.82) is 0 Å². The van der Waals surface area contributed by atoms with E-state index in [9.17, 15) is 26.7 Å². The van der Waals surface area contributed by atoms with E-state index in [1.54, 1.807) is 13.8 Å². The van der Waals surface area contributed by atoms with Gasteiger partial charge in [0.25, 0.3) is 0 Å². The number of hydrogen-bond donors (Lipinski definition) is 2. The standard InChI is InChI=1S/C13H15F5N2O/c1-7(2)20-10(21)6-19-12(13(16,17)18)11-8(14)4-3-5-9(11)15/h3-5,7,12,19H,6H2,1-2H3,(H,20,21). The Morgan fingerprint density at radius 3 is 2.14 bits per heavy atom. The number of rotatable bonds is 5. The van der Waals surface area contributed by atoms with Crippen LogP contribution in [0.25, 0.3) is 0 Å². The van der Waals surface area contributed by atoms with E-state index < -0.39 is 41.9 Å². The first-order valence-corrected chi connectivity index (χ1v) is 6.16. The zero-order valence-electron chi connectivity index (χ0n) is 11.4. The highest BCUT2D eigenvalue weighted by Gasteiger charge is 2.43. The number of halogens is 5. The lowest BCUT2D eigenvalue weighted by Gasteiger charge is -2.23. The predicted octanol–water partition coefficient (Wildman–Crippen LogP) is 2.68. The van der Waals surface area contributed by atoms with Gasteiger partial charge >= 0.3 is 6.18 Å². The second-order valence-corrected chi connectivity index (χ2v) is 4.71. The van der Waals surface area contributed by atoms with Crippen LogP contribution in [0.5, 0.6) is 0 Å². The molecule has 0 spiro atoms. The van der Waals surface area contributed by atoms with Crippen molar-refractivity contribution in [3.05, 3.63) is 35.4 Å². The molecular formula is C13H15F5N2O. The van der Waals surface area contributed by atoms with E-state index in [1.165, 1.54) is 0 Å². The van der Waals surface area contributed by atoms with Gasteiger partial charge in [-0.3, -0.25) is 10.1 Å². The molecule has 0 radical (unpaired) electrons. The molecular weight excluding hydrogens is 295 g/mol. The van der Waals surface area contributed by atoms with Crippen LogP contribution in [0.1, 0.15) is 25.5 Å². The van der Waals surface area contributed by atoms with Crippen LogP contribution in [0.15, 0.2) is 18.2 Å². The van der Waals surface area contributed by atoms with Gasteiger partial charge in [0.05, 0.1) is 6.54 Å². The first-order chi connectivity index (χ1) is 9.62. The largest absolute Gasteiger partial charge is 0.408 e. The first-order valence-electron chi connectivity index (χ1n) is 6.16. The molecule has 0 aromatic heterocycles. The van der Waals surface area contributed by atoms with Crippen molar-refractivity contribution in [3.8, 4) is 0 Å². The highest BCUT2D eigenvalue weighted by atomic mass is 19.4. The summed E-state index contributed by atoms with van der Waals surface area (Å²) >= 11 is 0. The summed E-state index contributed by atoms with van der Waals surface area (Å²) in [6.07, 6.45) is -4.94. The molecule has 0 saturated heterocycles. The molecule has 0 saturated carbocycles. The molecule has 0 bridgehead atoms. The summed E-state index contributed by atoms with van der Waals surface area (Å²) in [5, 5.41) is 4.22. The molecule has 118 valence electrons. The van der Waals surface area contributed by atoms with Crippen LogP contribution in [-0.4, -0.2) is 24.7 Å². The monoisotopic (exact) mass is 310 g/mol. The quantitative estimate of drug-likeness (QED) is 0.821. The lowest BCUT2D eigenvalue weighted by atomic mass is 10.0. The number of amides is 1. The third kappa shape index (κ3) is 4.96. The van der Waals surface area contributed by atoms with E-state index in [0.29, 0.717) is 0 Å². The van der Waals surface area contributed by atoms with Gasteiger partial charge in [0.15, 0.2) is 0 Å². The number of hydrogen-bond acceptors (Lipinski definition) is 2. The molecule has 21 heavy (non-hydrogen) atoms. The Kier molecular flexibility index (Phi) is 5.65. The number of nitrogens with one attached hydrogen (secondary N) is 2. The van der Waals surface area contributed by atoms with Crippen molar-refractivity contribution in [2.45, 2.75) is 32.1 Å². The van der Waals surface area contributed by atoms with Gasteiger partial charge in [0.1, 0.15) is 17.7 Å². The lowest BCUT2D eigenvalue weighted by molar-refractivity contribution is -0.159. The third-order valence-corrected chi connectivity index (χ3v) is 2.53. The number of carbonyl (C=O) groups excluding carboxylic acids is 1. The minimum absolute atomic E-state index is 0.256. The summed E-state index contributed by atoms with van der Waals surface area (Å²) in [6.45, 7) is 2.56. The van der Waals surface area contributed by atoms with Crippen LogP contribution in [0, 0.1) is 11.6 Å². The Labute approximate surface area is 118 Å². The van der Waals surface area contributed by atoms with E-state index in [2.05, 4.69) is 5.32 Å². The van der Waals surface area contributed by atoms with Gasteiger partial charge in [-0.15, -0.1) is 0 Å². The molecule has 0 aliphatic carbocycles. The lowest BCUT2D eigenvalue weighted by Crippen LogP contribution is -2.43. The van der Waals surface area contributed by atoms with Crippen LogP contribution < -0.4 is 10.6 Å². The zero-order chi connectivity index (χ0) is 16.2. The van der Waals surface area contributed by atoms with E-state index in [4.69, 9.17) is 0 Å². The molecule has 1 unspecified atom stereocenters. The molecule has 1 aromatic carbocycles. The molecule has 1 aromatic rings. The van der Waals surface area contributed by atoms with Gasteiger partial charge in [-0.1, -0.05) is 6.07 Å². The fraction of sp³-hybridized carbons (Fsp3) is 0.462. The predicted molar refractivity (Wildman–Crippen MR) is 66.4 cm³/mol. The summed E-state index contributed by atoms with van der Waals surface area (Å²) in [7, 11) is 0. The summed E-state index contributed by atoms with van der Waals surface area (Å²) in [5.74, 6) is -3.35. The maximum absolute atomic E-state index is 13.5. The SMILES string of the molecule is CC(C)NC(=O)CNC(c1c(F)cccc1F)C(F)(F)F. The summed E-state index contributed by atoms with van der Waals surface area (Å²) in [6, 6.07) is -0.432. The Balaban J connectivity index is 2.96. The Hall–Kier alpha value is -1.70. The summed E-state index contributed by atoms with van der Waals surface area (Å²) in [4.78, 5) is 11.4. The zero-order valence-corrected chi connectivity index (χ0v) is 11.4. The number of carbonyl (C=O) groups is 1. The van der Waals surface area contributed by atoms with Crippen LogP contribution in [-0.2, 0) is 4.79 Å². The van der Waals surface area contributed by atoms with Gasteiger partial charge in [0.2, 0.25) is 5.91 Å². The summed E-state index contributed by atoms with van der Waals surface area (Å²) in [5.41, 5.74) is -1.15. The number of alkyl halides is 3. The van der Waals surface area contributed by atoms with E-state index in [-0.39, 0.29) is 6.04 Å². The molecule has 0 fully saturated rings. The smallest absolute Gasteiger partial charge is 0.353 e. The van der Waals surface area contributed by atoms with Crippen LogP contribution in [0.4, 0.5) is 22.0 Å². The Bertz CT molecular complexity index is 482. The fourth-order valence-corrected chi connectivity index (χ4v) is 1.74. The average molecular weight is 310 g/mol. The Morgan fingerprint density at radius 2 is 1.71 bits per heavy atom. The highest BCUT2D eigenvalue weighted by molar-refractivity contribution is 5.78. The highest BCUT2D eigenvalue weighted by Crippen LogP contribution is 2.35. The second-order valence-electron chi connectivity index (χ2n) is 4.71. The number of benzene rings is 1. The van der Waals surface area contributed by atoms with Crippen molar-refractivity contribution in [2.24, 2.45) is 0 Å². The molecule has 2 N–H and O–H groups in total.